The Bertz CT molecular complexity index is 1200. The molecule has 4 rings (SSSR count). The Labute approximate surface area is 163 Å². The summed E-state index contributed by atoms with van der Waals surface area (Å²) >= 11 is 1.58. The molecule has 4 aromatic rings. The number of rotatable bonds is 4. The molecule has 0 bridgehead atoms. The van der Waals surface area contributed by atoms with Crippen LogP contribution in [0.2, 0.25) is 0 Å². The molecule has 0 radical (unpaired) electrons. The molecule has 9 heteroatoms. The van der Waals surface area contributed by atoms with E-state index in [0.29, 0.717) is 22.8 Å². The topological polar surface area (TPSA) is 106 Å². The van der Waals surface area contributed by atoms with Crippen molar-refractivity contribution in [2.75, 3.05) is 5.32 Å². The van der Waals surface area contributed by atoms with Gasteiger partial charge in [-0.15, -0.1) is 11.3 Å². The van der Waals surface area contributed by atoms with Gasteiger partial charge in [0.25, 0.3) is 11.5 Å². The largest absolute Gasteiger partial charge is 0.322 e. The van der Waals surface area contributed by atoms with Crippen molar-refractivity contribution >= 4 is 22.9 Å². The van der Waals surface area contributed by atoms with Crippen molar-refractivity contribution in [3.05, 3.63) is 74.6 Å². The van der Waals surface area contributed by atoms with E-state index in [1.165, 1.54) is 16.9 Å². The Hall–Kier alpha value is -3.59. The van der Waals surface area contributed by atoms with E-state index in [2.05, 4.69) is 25.6 Å². The van der Waals surface area contributed by atoms with E-state index in [4.69, 9.17) is 0 Å². The molecule has 0 saturated heterocycles. The van der Waals surface area contributed by atoms with Gasteiger partial charge < -0.3 is 5.32 Å². The van der Waals surface area contributed by atoms with E-state index in [1.54, 1.807) is 24.3 Å². The molecule has 28 heavy (non-hydrogen) atoms. The second kappa shape index (κ2) is 7.20. The van der Waals surface area contributed by atoms with E-state index in [9.17, 15) is 9.59 Å². The molecule has 0 unspecified atom stereocenters. The molecule has 0 fully saturated rings. The first-order valence-corrected chi connectivity index (χ1v) is 9.34. The van der Waals surface area contributed by atoms with Gasteiger partial charge in [0.05, 0.1) is 28.2 Å². The fourth-order valence-corrected chi connectivity index (χ4v) is 3.39. The normalized spacial score (nSPS) is 10.8. The third-order valence-electron chi connectivity index (χ3n) is 4.17. The Morgan fingerprint density at radius 2 is 2.07 bits per heavy atom. The number of hydrogen-bond acceptors (Lipinski definition) is 6. The van der Waals surface area contributed by atoms with Crippen molar-refractivity contribution in [3.63, 3.8) is 0 Å². The molecule has 3 heterocycles. The molecule has 0 saturated carbocycles. The van der Waals surface area contributed by atoms with Crippen LogP contribution in [0, 0.1) is 13.8 Å². The maximum Gasteiger partial charge on any atom is 0.264 e. The lowest BCUT2D eigenvalue weighted by Crippen LogP contribution is -2.14. The van der Waals surface area contributed by atoms with Gasteiger partial charge in [0.2, 0.25) is 0 Å². The van der Waals surface area contributed by atoms with Crippen LogP contribution in [0.15, 0.2) is 52.8 Å². The van der Waals surface area contributed by atoms with Crippen molar-refractivity contribution in [1.82, 2.24) is 25.0 Å². The highest BCUT2D eigenvalue weighted by molar-refractivity contribution is 7.09. The van der Waals surface area contributed by atoms with Crippen LogP contribution in [-0.4, -0.2) is 30.9 Å². The van der Waals surface area contributed by atoms with Gasteiger partial charge in [-0.25, -0.2) is 14.8 Å². The Balaban J connectivity index is 1.58. The maximum atomic E-state index is 12.7. The summed E-state index contributed by atoms with van der Waals surface area (Å²) in [5.41, 5.74) is 3.22. The number of benzene rings is 1. The number of anilines is 1. The second-order valence-electron chi connectivity index (χ2n) is 6.12. The predicted octanol–water partition coefficient (Wildman–Crippen LogP) is 2.95. The lowest BCUT2D eigenvalue weighted by molar-refractivity contribution is 0.102. The smallest absolute Gasteiger partial charge is 0.264 e. The molecule has 0 atom stereocenters. The number of carbonyl (C=O) groups excluding carboxylic acids is 1. The summed E-state index contributed by atoms with van der Waals surface area (Å²) in [5.74, 6) is 0.150. The predicted molar refractivity (Wildman–Crippen MR) is 107 cm³/mol. The summed E-state index contributed by atoms with van der Waals surface area (Å²) in [4.78, 5) is 28.4. The number of amides is 1. The summed E-state index contributed by atoms with van der Waals surface area (Å²) in [6, 6.07) is 10.4. The summed E-state index contributed by atoms with van der Waals surface area (Å²) in [6.07, 6.45) is 1.48. The maximum absolute atomic E-state index is 12.7. The summed E-state index contributed by atoms with van der Waals surface area (Å²) in [6.45, 7) is 3.72. The van der Waals surface area contributed by atoms with Crippen LogP contribution in [-0.2, 0) is 0 Å². The fraction of sp³-hybridized carbons (Fsp3) is 0.105. The van der Waals surface area contributed by atoms with Gasteiger partial charge >= 0.3 is 0 Å². The lowest BCUT2D eigenvalue weighted by Gasteiger charge is -2.07. The molecule has 1 aromatic carbocycles. The quantitative estimate of drug-likeness (QED) is 0.555. The van der Waals surface area contributed by atoms with Crippen LogP contribution in [0.1, 0.15) is 21.1 Å². The first-order chi connectivity index (χ1) is 13.5. The van der Waals surface area contributed by atoms with Crippen LogP contribution < -0.4 is 10.9 Å². The zero-order chi connectivity index (χ0) is 19.7. The van der Waals surface area contributed by atoms with E-state index >= 15 is 0 Å². The minimum atomic E-state index is -0.304. The summed E-state index contributed by atoms with van der Waals surface area (Å²) < 4.78 is 1.50. The van der Waals surface area contributed by atoms with Gasteiger partial charge in [0.15, 0.2) is 5.82 Å². The number of aromatic nitrogens is 5. The van der Waals surface area contributed by atoms with E-state index in [-0.39, 0.29) is 11.5 Å². The number of nitrogens with zero attached hydrogens (tertiary/aromatic N) is 4. The average Bonchev–Trinajstić information content (AvgIpc) is 3.29. The van der Waals surface area contributed by atoms with Gasteiger partial charge in [0, 0.05) is 22.7 Å². The molecule has 3 aromatic heterocycles. The third-order valence-corrected chi connectivity index (χ3v) is 4.94. The molecule has 1 amide bonds. The van der Waals surface area contributed by atoms with E-state index in [0.717, 1.165) is 16.3 Å². The lowest BCUT2D eigenvalue weighted by atomic mass is 10.1. The van der Waals surface area contributed by atoms with Gasteiger partial charge in [-0.3, -0.25) is 9.59 Å². The molecule has 2 N–H and O–H groups in total. The highest BCUT2D eigenvalue weighted by atomic mass is 32.1. The highest BCUT2D eigenvalue weighted by Gasteiger charge is 2.16. The Morgan fingerprint density at radius 1 is 1.21 bits per heavy atom. The SMILES string of the molecule is Cc1nc(-c2cccc(NC(=O)c3cnn(-c4ccc(=O)[nH]n4)c3C)c2)cs1. The number of aryl methyl sites for hydroxylation is 1. The number of hydrogen-bond donors (Lipinski definition) is 2. The van der Waals surface area contributed by atoms with Crippen molar-refractivity contribution < 1.29 is 4.79 Å². The van der Waals surface area contributed by atoms with Crippen LogP contribution in [0.5, 0.6) is 0 Å². The van der Waals surface area contributed by atoms with Crippen LogP contribution in [0.4, 0.5) is 5.69 Å². The number of carbonyl (C=O) groups is 1. The van der Waals surface area contributed by atoms with Crippen LogP contribution in [0.25, 0.3) is 17.1 Å². The molecular formula is C19H16N6O2S. The summed E-state index contributed by atoms with van der Waals surface area (Å²) in [7, 11) is 0. The zero-order valence-corrected chi connectivity index (χ0v) is 15.9. The van der Waals surface area contributed by atoms with E-state index in [1.807, 2.05) is 36.6 Å². The monoisotopic (exact) mass is 392 g/mol. The van der Waals surface area contributed by atoms with E-state index < -0.39 is 0 Å². The number of nitrogens with one attached hydrogen (secondary N) is 2. The molecular weight excluding hydrogens is 376 g/mol. The third kappa shape index (κ3) is 3.47. The Morgan fingerprint density at radius 3 is 2.79 bits per heavy atom. The molecule has 140 valence electrons. The standard InChI is InChI=1S/C19H16N6O2S/c1-11-15(9-20-25(11)17-6-7-18(26)24-23-17)19(27)22-14-5-3-4-13(8-14)16-10-28-12(2)21-16/h3-10H,1-2H3,(H,22,27)(H,24,26). The van der Waals surface area contributed by atoms with Crippen molar-refractivity contribution in [3.8, 4) is 17.1 Å². The zero-order valence-electron chi connectivity index (χ0n) is 15.1. The average molecular weight is 392 g/mol. The van der Waals surface area contributed by atoms with Gasteiger partial charge in [0.1, 0.15) is 0 Å². The van der Waals surface area contributed by atoms with Gasteiger partial charge in [-0.2, -0.15) is 10.2 Å². The summed E-state index contributed by atoms with van der Waals surface area (Å²) in [5, 5.41) is 16.4. The van der Waals surface area contributed by atoms with Crippen LogP contribution in [0.3, 0.4) is 0 Å². The second-order valence-corrected chi connectivity index (χ2v) is 7.18. The first kappa shape index (κ1) is 17.8. The number of thiazole rings is 1. The minimum Gasteiger partial charge on any atom is -0.322 e. The molecule has 0 aliphatic heterocycles. The Kier molecular flexibility index (Phi) is 4.58. The first-order valence-electron chi connectivity index (χ1n) is 8.46. The highest BCUT2D eigenvalue weighted by Crippen LogP contribution is 2.24. The van der Waals surface area contributed by atoms with Crippen molar-refractivity contribution in [1.29, 1.82) is 0 Å². The van der Waals surface area contributed by atoms with Gasteiger partial charge in [-0.1, -0.05) is 12.1 Å². The number of aromatic amines is 1. The fourth-order valence-electron chi connectivity index (χ4n) is 2.77. The van der Waals surface area contributed by atoms with Crippen LogP contribution >= 0.6 is 11.3 Å². The molecule has 0 spiro atoms. The number of H-pyrrole nitrogens is 1. The van der Waals surface area contributed by atoms with Gasteiger partial charge in [-0.05, 0) is 32.0 Å². The minimum absolute atomic E-state index is 0.278. The molecule has 0 aliphatic rings. The molecule has 8 nitrogen and oxygen atoms in total. The van der Waals surface area contributed by atoms with Crippen molar-refractivity contribution in [2.45, 2.75) is 13.8 Å². The van der Waals surface area contributed by atoms with Crippen molar-refractivity contribution in [2.24, 2.45) is 0 Å². The molecule has 0 aliphatic carbocycles.